The van der Waals surface area contributed by atoms with Gasteiger partial charge in [-0.05, 0) is 17.7 Å². The van der Waals surface area contributed by atoms with Crippen molar-refractivity contribution in [3.63, 3.8) is 0 Å². The highest BCUT2D eigenvalue weighted by molar-refractivity contribution is 6.17. The molecule has 3 nitrogen and oxygen atoms in total. The van der Waals surface area contributed by atoms with Crippen LogP contribution in [0.1, 0.15) is 27.0 Å². The van der Waals surface area contributed by atoms with E-state index < -0.39 is 23.3 Å². The van der Waals surface area contributed by atoms with Crippen LogP contribution in [0.2, 0.25) is 0 Å². The lowest BCUT2D eigenvalue weighted by Gasteiger charge is -2.12. The third-order valence-corrected chi connectivity index (χ3v) is 2.50. The van der Waals surface area contributed by atoms with Crippen molar-refractivity contribution >= 4 is 17.6 Å². The van der Waals surface area contributed by atoms with E-state index in [1.165, 1.54) is 0 Å². The molecule has 0 saturated heterocycles. The van der Waals surface area contributed by atoms with Crippen molar-refractivity contribution in [1.82, 2.24) is 0 Å². The fraction of sp³-hybridized carbons (Fsp3) is 0.273. The Morgan fingerprint density at radius 1 is 1.50 bits per heavy atom. The summed E-state index contributed by atoms with van der Waals surface area (Å²) in [6.07, 6.45) is -4.63. The smallest absolute Gasteiger partial charge is 0.416 e. The maximum atomic E-state index is 12.6. The summed E-state index contributed by atoms with van der Waals surface area (Å²) in [6, 6.07) is 2.99. The second kappa shape index (κ2) is 5.27. The molecule has 0 aliphatic carbocycles. The van der Waals surface area contributed by atoms with Gasteiger partial charge in [0.1, 0.15) is 6.07 Å². The lowest BCUT2D eigenvalue weighted by molar-refractivity contribution is -0.137. The quantitative estimate of drug-likeness (QED) is 0.616. The Morgan fingerprint density at radius 2 is 2.11 bits per heavy atom. The van der Waals surface area contributed by atoms with E-state index in [9.17, 15) is 18.0 Å². The molecule has 0 spiro atoms. The van der Waals surface area contributed by atoms with Crippen LogP contribution in [0.25, 0.3) is 0 Å². The Balaban J connectivity index is 3.57. The average Bonchev–Trinajstić information content (AvgIpc) is 2.34. The molecule has 1 rings (SSSR count). The summed E-state index contributed by atoms with van der Waals surface area (Å²) < 4.78 is 42.2. The molecule has 0 amide bonds. The summed E-state index contributed by atoms with van der Waals surface area (Å²) in [7, 11) is 1.02. The number of rotatable bonds is 2. The molecule has 0 fully saturated rings. The number of hydrogen-bond acceptors (Lipinski definition) is 3. The Bertz CT molecular complexity index is 520. The van der Waals surface area contributed by atoms with Crippen LogP contribution < -0.4 is 0 Å². The number of hydrogen-bond donors (Lipinski definition) is 0. The minimum absolute atomic E-state index is 0.0607. The second-order valence-electron chi connectivity index (χ2n) is 3.29. The van der Waals surface area contributed by atoms with Gasteiger partial charge in [0.05, 0.1) is 23.8 Å². The Morgan fingerprint density at radius 3 is 2.50 bits per heavy atom. The van der Waals surface area contributed by atoms with Gasteiger partial charge in [-0.1, -0.05) is 0 Å². The van der Waals surface area contributed by atoms with Gasteiger partial charge in [-0.2, -0.15) is 18.4 Å². The SMILES string of the molecule is COC(=O)c1cc(C(F)(F)F)cc(CCl)c1C#N. The van der Waals surface area contributed by atoms with Crippen LogP contribution in [0.15, 0.2) is 12.1 Å². The fourth-order valence-corrected chi connectivity index (χ4v) is 1.59. The van der Waals surface area contributed by atoms with Crippen LogP contribution in [0, 0.1) is 11.3 Å². The molecule has 0 heterocycles. The molecule has 0 saturated carbocycles. The van der Waals surface area contributed by atoms with Crippen molar-refractivity contribution in [2.75, 3.05) is 7.11 Å². The van der Waals surface area contributed by atoms with E-state index in [-0.39, 0.29) is 17.0 Å². The van der Waals surface area contributed by atoms with Crippen molar-refractivity contribution in [2.45, 2.75) is 12.1 Å². The first-order valence-corrected chi connectivity index (χ1v) is 5.17. The standard InChI is InChI=1S/C11H7ClF3NO2/c1-18-10(17)8-3-7(11(13,14)15)2-6(4-12)9(8)5-16/h2-3H,4H2,1H3. The molecule has 0 unspecified atom stereocenters. The number of methoxy groups -OCH3 is 1. The van der Waals surface area contributed by atoms with Crippen LogP contribution in [0.4, 0.5) is 13.2 Å². The van der Waals surface area contributed by atoms with Crippen LogP contribution in [0.3, 0.4) is 0 Å². The number of halogens is 4. The van der Waals surface area contributed by atoms with Crippen molar-refractivity contribution < 1.29 is 22.7 Å². The van der Waals surface area contributed by atoms with Crippen LogP contribution in [-0.2, 0) is 16.8 Å². The summed E-state index contributed by atoms with van der Waals surface area (Å²) in [5.74, 6) is -1.32. The van der Waals surface area contributed by atoms with Gasteiger partial charge in [0.2, 0.25) is 0 Å². The zero-order valence-corrected chi connectivity index (χ0v) is 9.89. The van der Waals surface area contributed by atoms with Crippen LogP contribution >= 0.6 is 11.6 Å². The summed E-state index contributed by atoms with van der Waals surface area (Å²) in [4.78, 5) is 11.4. The summed E-state index contributed by atoms with van der Waals surface area (Å²) in [5, 5.41) is 8.87. The first kappa shape index (κ1) is 14.3. The van der Waals surface area contributed by atoms with Gasteiger partial charge in [0.25, 0.3) is 0 Å². The van der Waals surface area contributed by atoms with Gasteiger partial charge in [0.15, 0.2) is 0 Å². The van der Waals surface area contributed by atoms with Crippen molar-refractivity contribution in [2.24, 2.45) is 0 Å². The van der Waals surface area contributed by atoms with Gasteiger partial charge >= 0.3 is 12.1 Å². The molecule has 96 valence electrons. The van der Waals surface area contributed by atoms with E-state index in [1.807, 2.05) is 0 Å². The predicted molar refractivity (Wildman–Crippen MR) is 57.1 cm³/mol. The highest BCUT2D eigenvalue weighted by Crippen LogP contribution is 2.32. The first-order chi connectivity index (χ1) is 8.35. The third-order valence-electron chi connectivity index (χ3n) is 2.21. The number of ether oxygens (including phenoxy) is 1. The molecule has 0 radical (unpaired) electrons. The molecule has 1 aromatic carbocycles. The molecular weight excluding hydrogens is 271 g/mol. The number of carbonyl (C=O) groups is 1. The zero-order chi connectivity index (χ0) is 13.9. The number of nitrogens with zero attached hydrogens (tertiary/aromatic N) is 1. The van der Waals surface area contributed by atoms with Crippen molar-refractivity contribution in [3.05, 3.63) is 34.4 Å². The fourth-order valence-electron chi connectivity index (χ4n) is 1.37. The minimum Gasteiger partial charge on any atom is -0.465 e. The van der Waals surface area contributed by atoms with E-state index in [0.717, 1.165) is 13.2 Å². The normalized spacial score (nSPS) is 10.9. The molecular formula is C11H7ClF3NO2. The topological polar surface area (TPSA) is 50.1 Å². The van der Waals surface area contributed by atoms with E-state index in [1.54, 1.807) is 6.07 Å². The Kier molecular flexibility index (Phi) is 4.19. The summed E-state index contributed by atoms with van der Waals surface area (Å²) >= 11 is 5.48. The van der Waals surface area contributed by atoms with Gasteiger partial charge in [-0.25, -0.2) is 4.79 Å². The largest absolute Gasteiger partial charge is 0.465 e. The molecule has 0 aliphatic rings. The van der Waals surface area contributed by atoms with E-state index >= 15 is 0 Å². The number of carbonyl (C=O) groups excluding carboxylic acids is 1. The number of esters is 1. The highest BCUT2D eigenvalue weighted by atomic mass is 35.5. The van der Waals surface area contributed by atoms with Crippen LogP contribution in [-0.4, -0.2) is 13.1 Å². The number of benzene rings is 1. The maximum Gasteiger partial charge on any atom is 0.416 e. The van der Waals surface area contributed by atoms with Gasteiger partial charge in [-0.3, -0.25) is 0 Å². The average molecular weight is 278 g/mol. The Hall–Kier alpha value is -1.74. The molecule has 0 atom stereocenters. The van der Waals surface area contributed by atoms with Crippen molar-refractivity contribution in [1.29, 1.82) is 5.26 Å². The third kappa shape index (κ3) is 2.74. The van der Waals surface area contributed by atoms with Crippen LogP contribution in [0.5, 0.6) is 0 Å². The second-order valence-corrected chi connectivity index (χ2v) is 3.56. The van der Waals surface area contributed by atoms with E-state index in [4.69, 9.17) is 16.9 Å². The van der Waals surface area contributed by atoms with Crippen molar-refractivity contribution in [3.8, 4) is 6.07 Å². The predicted octanol–water partition coefficient (Wildman–Crippen LogP) is 3.10. The van der Waals surface area contributed by atoms with E-state index in [0.29, 0.717) is 6.07 Å². The van der Waals surface area contributed by atoms with Gasteiger partial charge < -0.3 is 4.74 Å². The molecule has 0 aliphatic heterocycles. The maximum absolute atomic E-state index is 12.6. The molecule has 7 heteroatoms. The summed E-state index contributed by atoms with van der Waals surface area (Å²) in [5.41, 5.74) is -1.75. The van der Waals surface area contributed by atoms with E-state index in [2.05, 4.69) is 4.74 Å². The molecule has 1 aromatic rings. The number of alkyl halides is 4. The monoisotopic (exact) mass is 277 g/mol. The molecule has 0 bridgehead atoms. The Labute approximate surface area is 106 Å². The summed E-state index contributed by atoms with van der Waals surface area (Å²) in [6.45, 7) is 0. The van der Waals surface area contributed by atoms with Gasteiger partial charge in [0, 0.05) is 5.88 Å². The molecule has 0 N–H and O–H groups in total. The van der Waals surface area contributed by atoms with Gasteiger partial charge in [-0.15, -0.1) is 11.6 Å². The number of nitriles is 1. The highest BCUT2D eigenvalue weighted by Gasteiger charge is 2.33. The molecule has 0 aromatic heterocycles. The lowest BCUT2D eigenvalue weighted by atomic mass is 9.99. The first-order valence-electron chi connectivity index (χ1n) is 4.63. The zero-order valence-electron chi connectivity index (χ0n) is 9.14. The lowest BCUT2D eigenvalue weighted by Crippen LogP contribution is -2.12. The molecule has 18 heavy (non-hydrogen) atoms. The minimum atomic E-state index is -4.63.